The second-order valence-corrected chi connectivity index (χ2v) is 8.53. The van der Waals surface area contributed by atoms with Gasteiger partial charge in [-0.2, -0.15) is 0 Å². The van der Waals surface area contributed by atoms with Crippen LogP contribution >= 0.6 is 23.4 Å². The topological polar surface area (TPSA) is 15.3 Å². The zero-order valence-electron chi connectivity index (χ0n) is 14.5. The van der Waals surface area contributed by atoms with Crippen LogP contribution in [0.5, 0.6) is 0 Å². The van der Waals surface area contributed by atoms with Crippen LogP contribution in [0.1, 0.15) is 36.4 Å². The molecule has 4 heteroatoms. The van der Waals surface area contributed by atoms with Crippen LogP contribution in [-0.2, 0) is 6.42 Å². The third-order valence-corrected chi connectivity index (χ3v) is 6.65. The van der Waals surface area contributed by atoms with Crippen molar-refractivity contribution in [1.29, 1.82) is 0 Å². The summed E-state index contributed by atoms with van der Waals surface area (Å²) in [5.74, 6) is 0. The highest BCUT2D eigenvalue weighted by Crippen LogP contribution is 2.41. The molecule has 2 aliphatic rings. The van der Waals surface area contributed by atoms with Gasteiger partial charge in [-0.3, -0.25) is 0 Å². The summed E-state index contributed by atoms with van der Waals surface area (Å²) in [7, 11) is 0. The highest BCUT2D eigenvalue weighted by atomic mass is 35.5. The Morgan fingerprint density at radius 3 is 2.80 bits per heavy atom. The number of benzene rings is 2. The van der Waals surface area contributed by atoms with Crippen molar-refractivity contribution in [2.45, 2.75) is 41.5 Å². The summed E-state index contributed by atoms with van der Waals surface area (Å²) < 4.78 is 0. The zero-order chi connectivity index (χ0) is 17.1. The molecule has 0 unspecified atom stereocenters. The van der Waals surface area contributed by atoms with Gasteiger partial charge in [0.15, 0.2) is 0 Å². The molecule has 2 nitrogen and oxygen atoms in total. The maximum absolute atomic E-state index is 6.25. The summed E-state index contributed by atoms with van der Waals surface area (Å²) in [4.78, 5) is 5.28. The highest BCUT2D eigenvalue weighted by molar-refractivity contribution is 7.99. The lowest BCUT2D eigenvalue weighted by Gasteiger charge is -2.21. The molecular formula is C21H25ClN2S. The summed E-state index contributed by atoms with van der Waals surface area (Å²) in [6, 6.07) is 15.5. The normalized spacial score (nSPS) is 20.1. The first-order valence-electron chi connectivity index (χ1n) is 9.30. The minimum atomic E-state index is 0.363. The second kappa shape index (κ2) is 8.13. The van der Waals surface area contributed by atoms with Gasteiger partial charge in [0.05, 0.1) is 0 Å². The van der Waals surface area contributed by atoms with Crippen LogP contribution in [0, 0.1) is 0 Å². The minimum Gasteiger partial charge on any atom is -0.310 e. The van der Waals surface area contributed by atoms with Gasteiger partial charge in [0.2, 0.25) is 0 Å². The molecule has 0 aromatic heterocycles. The summed E-state index contributed by atoms with van der Waals surface area (Å²) >= 11 is 8.12. The van der Waals surface area contributed by atoms with Crippen molar-refractivity contribution >= 4 is 23.4 Å². The van der Waals surface area contributed by atoms with E-state index in [0.29, 0.717) is 6.04 Å². The third kappa shape index (κ3) is 4.22. The lowest BCUT2D eigenvalue weighted by molar-refractivity contribution is 0.327. The van der Waals surface area contributed by atoms with Gasteiger partial charge in [0.1, 0.15) is 0 Å². The van der Waals surface area contributed by atoms with Crippen molar-refractivity contribution in [3.8, 4) is 0 Å². The van der Waals surface area contributed by atoms with Crippen LogP contribution in [-0.4, -0.2) is 31.1 Å². The van der Waals surface area contributed by atoms with Crippen molar-refractivity contribution in [2.75, 3.05) is 26.2 Å². The Labute approximate surface area is 159 Å². The maximum atomic E-state index is 6.25. The molecule has 0 aliphatic carbocycles. The van der Waals surface area contributed by atoms with E-state index < -0.39 is 0 Å². The van der Waals surface area contributed by atoms with E-state index in [-0.39, 0.29) is 0 Å². The fourth-order valence-electron chi connectivity index (χ4n) is 3.88. The Morgan fingerprint density at radius 1 is 1.08 bits per heavy atom. The summed E-state index contributed by atoms with van der Waals surface area (Å²) in [6.07, 6.45) is 4.97. The molecule has 2 aromatic carbocycles. The molecule has 25 heavy (non-hydrogen) atoms. The van der Waals surface area contributed by atoms with Crippen LogP contribution in [0.25, 0.3) is 0 Å². The average Bonchev–Trinajstić information content (AvgIpc) is 3.08. The van der Waals surface area contributed by atoms with E-state index in [0.717, 1.165) is 18.0 Å². The number of nitrogens with one attached hydrogen (secondary N) is 1. The molecule has 1 saturated heterocycles. The first-order chi connectivity index (χ1) is 12.3. The molecule has 2 heterocycles. The van der Waals surface area contributed by atoms with E-state index in [1.165, 1.54) is 59.8 Å². The molecule has 0 radical (unpaired) electrons. The average molecular weight is 373 g/mol. The monoisotopic (exact) mass is 372 g/mol. The quantitative estimate of drug-likeness (QED) is 0.729. The molecule has 1 fully saturated rings. The lowest BCUT2D eigenvalue weighted by Crippen LogP contribution is -2.28. The van der Waals surface area contributed by atoms with Gasteiger partial charge in [0, 0.05) is 20.9 Å². The van der Waals surface area contributed by atoms with Crippen LogP contribution in [0.2, 0.25) is 5.02 Å². The number of hydrogen-bond acceptors (Lipinski definition) is 3. The molecule has 2 aliphatic heterocycles. The van der Waals surface area contributed by atoms with Crippen LogP contribution in [0.3, 0.4) is 0 Å². The number of rotatable bonds is 5. The molecule has 132 valence electrons. The molecule has 0 saturated carbocycles. The number of hydrogen-bond donors (Lipinski definition) is 1. The van der Waals surface area contributed by atoms with E-state index in [1.807, 2.05) is 17.8 Å². The highest BCUT2D eigenvalue weighted by Gasteiger charge is 2.22. The summed E-state index contributed by atoms with van der Waals surface area (Å²) in [6.45, 7) is 4.86. The van der Waals surface area contributed by atoms with Crippen molar-refractivity contribution in [1.82, 2.24) is 10.2 Å². The van der Waals surface area contributed by atoms with Crippen molar-refractivity contribution in [3.63, 3.8) is 0 Å². The van der Waals surface area contributed by atoms with Crippen molar-refractivity contribution in [3.05, 3.63) is 58.6 Å². The zero-order valence-corrected chi connectivity index (χ0v) is 16.1. The van der Waals surface area contributed by atoms with Crippen molar-refractivity contribution < 1.29 is 0 Å². The number of likely N-dealkylation sites (tertiary alicyclic amines) is 1. The van der Waals surface area contributed by atoms with Gasteiger partial charge in [-0.1, -0.05) is 41.6 Å². The van der Waals surface area contributed by atoms with Crippen LogP contribution in [0.4, 0.5) is 0 Å². The van der Waals surface area contributed by atoms with Crippen LogP contribution < -0.4 is 5.32 Å². The standard InChI is InChI=1S/C21H25ClN2S/c22-17-8-9-20-16(14-17)15-19(18-6-1-2-7-21(18)25-20)23-10-5-13-24-11-3-4-12-24/h1-2,6-9,14,19,23H,3-5,10-13,15H2/t19-/m1/s1. The molecule has 2 aromatic rings. The first kappa shape index (κ1) is 17.4. The molecule has 1 atom stereocenters. The smallest absolute Gasteiger partial charge is 0.0409 e. The van der Waals surface area contributed by atoms with Gasteiger partial charge in [-0.05, 0) is 87.3 Å². The first-order valence-corrected chi connectivity index (χ1v) is 10.5. The lowest BCUT2D eigenvalue weighted by atomic mass is 9.99. The number of fused-ring (bicyclic) bond motifs is 2. The summed E-state index contributed by atoms with van der Waals surface area (Å²) in [5, 5.41) is 4.65. The molecule has 1 N–H and O–H groups in total. The van der Waals surface area contributed by atoms with Gasteiger partial charge in [-0.25, -0.2) is 0 Å². The molecule has 4 rings (SSSR count). The Kier molecular flexibility index (Phi) is 5.66. The molecular weight excluding hydrogens is 348 g/mol. The van der Waals surface area contributed by atoms with E-state index >= 15 is 0 Å². The largest absolute Gasteiger partial charge is 0.310 e. The third-order valence-electron chi connectivity index (χ3n) is 5.20. The minimum absolute atomic E-state index is 0.363. The second-order valence-electron chi connectivity index (χ2n) is 7.01. The van der Waals surface area contributed by atoms with E-state index in [2.05, 4.69) is 46.6 Å². The number of halogens is 1. The van der Waals surface area contributed by atoms with E-state index in [1.54, 1.807) is 0 Å². The van der Waals surface area contributed by atoms with Crippen molar-refractivity contribution in [2.24, 2.45) is 0 Å². The summed E-state index contributed by atoms with van der Waals surface area (Å²) in [5.41, 5.74) is 2.77. The van der Waals surface area contributed by atoms with E-state index in [9.17, 15) is 0 Å². The van der Waals surface area contributed by atoms with Gasteiger partial charge in [0.25, 0.3) is 0 Å². The van der Waals surface area contributed by atoms with Crippen LogP contribution in [0.15, 0.2) is 52.3 Å². The maximum Gasteiger partial charge on any atom is 0.0409 e. The fourth-order valence-corrected chi connectivity index (χ4v) is 5.20. The Morgan fingerprint density at radius 2 is 1.92 bits per heavy atom. The van der Waals surface area contributed by atoms with Gasteiger partial charge in [-0.15, -0.1) is 0 Å². The Bertz CT molecular complexity index is 728. The SMILES string of the molecule is Clc1ccc2c(c1)C[C@@H](NCCCN1CCCC1)c1ccccc1S2. The molecule has 0 spiro atoms. The number of nitrogens with zero attached hydrogens (tertiary/aromatic N) is 1. The molecule has 0 amide bonds. The molecule has 0 bridgehead atoms. The van der Waals surface area contributed by atoms with Gasteiger partial charge >= 0.3 is 0 Å². The Balaban J connectivity index is 1.47. The predicted molar refractivity (Wildman–Crippen MR) is 107 cm³/mol. The fraction of sp³-hybridized carbons (Fsp3) is 0.429. The van der Waals surface area contributed by atoms with E-state index in [4.69, 9.17) is 11.6 Å². The Hall–Kier alpha value is -1.00. The van der Waals surface area contributed by atoms with Gasteiger partial charge < -0.3 is 10.2 Å². The predicted octanol–water partition coefficient (Wildman–Crippen LogP) is 5.16.